The number of benzene rings is 1. The quantitative estimate of drug-likeness (QED) is 0.188. The van der Waals surface area contributed by atoms with Crippen LogP contribution in [-0.2, 0) is 6.18 Å². The highest BCUT2D eigenvalue weighted by Gasteiger charge is 2.42. The normalized spacial score (nSPS) is 12.3. The van der Waals surface area contributed by atoms with Crippen molar-refractivity contribution in [1.29, 1.82) is 5.26 Å². The lowest BCUT2D eigenvalue weighted by Crippen LogP contribution is -2.22. The van der Waals surface area contributed by atoms with Crippen LogP contribution in [0.2, 0.25) is 10.0 Å². The Kier molecular flexibility index (Phi) is 6.66. The molecule has 1 aromatic heterocycles. The van der Waals surface area contributed by atoms with E-state index >= 15 is 0 Å². The van der Waals surface area contributed by atoms with Gasteiger partial charge in [0.05, 0.1) is 21.9 Å². The number of rotatable bonds is 5. The van der Waals surface area contributed by atoms with Gasteiger partial charge >= 0.3 is 11.6 Å². The maximum Gasteiger partial charge on any atom is 0.416 e. The third kappa shape index (κ3) is 4.83. The highest BCUT2D eigenvalue weighted by atomic mass is 35.5. The maximum absolute atomic E-state index is 13.5. The van der Waals surface area contributed by atoms with Gasteiger partial charge in [0.2, 0.25) is 0 Å². The van der Waals surface area contributed by atoms with Crippen LogP contribution < -0.4 is 0 Å². The van der Waals surface area contributed by atoms with Gasteiger partial charge in [-0.05, 0) is 23.7 Å². The van der Waals surface area contributed by atoms with E-state index in [0.29, 0.717) is 16.8 Å². The van der Waals surface area contributed by atoms with E-state index in [1.54, 1.807) is 0 Å². The second kappa shape index (κ2) is 8.37. The number of hydrogen-bond donors (Lipinski definition) is 0. The molecular weight excluding hydrogens is 480 g/mol. The molecule has 0 aliphatic rings. The molecule has 0 aliphatic heterocycles. The Labute approximate surface area is 181 Å². The number of alkyl halides is 6. The number of nitrogens with zero attached hydrogens (tertiary/aromatic N) is 5. The average Bonchev–Trinajstić information content (AvgIpc) is 2.95. The molecule has 0 fully saturated rings. The molecule has 0 atom stereocenters. The SMILES string of the molecule is CN(C)/C=N\c1c(C(=O)C(F)(F)Cl)c(C#N)nn1-c1c(Cl)cc(C(F)(F)F)cc1Cl. The van der Waals surface area contributed by atoms with Gasteiger partial charge in [0.1, 0.15) is 17.3 Å². The Balaban J connectivity index is 2.90. The molecule has 0 saturated heterocycles. The number of carbonyl (C=O) groups is 1. The molecule has 0 saturated carbocycles. The molecule has 1 aromatic carbocycles. The summed E-state index contributed by atoms with van der Waals surface area (Å²) in [7, 11) is 3.01. The Bertz CT molecular complexity index is 1040. The summed E-state index contributed by atoms with van der Waals surface area (Å²) in [6, 6.07) is 2.49. The van der Waals surface area contributed by atoms with Crippen LogP contribution in [0.3, 0.4) is 0 Å². The summed E-state index contributed by atoms with van der Waals surface area (Å²) in [5.74, 6) is -2.62. The number of nitriles is 1. The third-order valence-corrected chi connectivity index (χ3v) is 4.17. The third-order valence-electron chi connectivity index (χ3n) is 3.42. The summed E-state index contributed by atoms with van der Waals surface area (Å²) < 4.78 is 66.5. The Morgan fingerprint density at radius 3 is 2.17 bits per heavy atom. The van der Waals surface area contributed by atoms with Gasteiger partial charge in [0, 0.05) is 14.1 Å². The molecule has 1 heterocycles. The smallest absolute Gasteiger partial charge is 0.369 e. The van der Waals surface area contributed by atoms with Gasteiger partial charge < -0.3 is 4.90 Å². The summed E-state index contributed by atoms with van der Waals surface area (Å²) in [5, 5.41) is 7.35. The molecule has 6 nitrogen and oxygen atoms in total. The van der Waals surface area contributed by atoms with Crippen molar-refractivity contribution < 1.29 is 26.7 Å². The molecule has 14 heteroatoms. The van der Waals surface area contributed by atoms with Crippen molar-refractivity contribution in [3.8, 4) is 11.8 Å². The van der Waals surface area contributed by atoms with Gasteiger partial charge in [0.15, 0.2) is 11.5 Å². The van der Waals surface area contributed by atoms with Crippen molar-refractivity contribution in [3.63, 3.8) is 0 Å². The Hall–Kier alpha value is -2.42. The zero-order chi connectivity index (χ0) is 23.0. The molecule has 2 aromatic rings. The largest absolute Gasteiger partial charge is 0.416 e. The summed E-state index contributed by atoms with van der Waals surface area (Å²) in [6.07, 6.45) is -3.70. The summed E-state index contributed by atoms with van der Waals surface area (Å²) in [5.41, 5.74) is -3.36. The summed E-state index contributed by atoms with van der Waals surface area (Å²) in [4.78, 5) is 17.3. The predicted molar refractivity (Wildman–Crippen MR) is 100 cm³/mol. The monoisotopic (exact) mass is 487 g/mol. The van der Waals surface area contributed by atoms with E-state index in [4.69, 9.17) is 34.8 Å². The minimum absolute atomic E-state index is 0.411. The first kappa shape index (κ1) is 23.9. The second-order valence-electron chi connectivity index (χ2n) is 5.89. The van der Waals surface area contributed by atoms with Gasteiger partial charge in [0.25, 0.3) is 5.78 Å². The van der Waals surface area contributed by atoms with Crippen molar-refractivity contribution in [2.45, 2.75) is 11.6 Å². The molecule has 0 spiro atoms. The van der Waals surface area contributed by atoms with E-state index < -0.39 is 55.7 Å². The minimum atomic E-state index is -4.78. The standard InChI is InChI=1S/C16H9Cl3F5N5O/c1-28(2)6-26-14-11(13(30)15(19,20)21)10(5-25)27-29(14)12-8(17)3-7(4-9(12)18)16(22,23)24/h3-4,6H,1-2H3/b26-6-. The number of aromatic nitrogens is 2. The number of carbonyl (C=O) groups excluding carboxylic acids is 1. The second-order valence-corrected chi connectivity index (χ2v) is 7.18. The van der Waals surface area contributed by atoms with Crippen LogP contribution in [-0.4, -0.2) is 46.3 Å². The van der Waals surface area contributed by atoms with Crippen molar-refractivity contribution in [1.82, 2.24) is 14.7 Å². The van der Waals surface area contributed by atoms with Crippen LogP contribution >= 0.6 is 34.8 Å². The lowest BCUT2D eigenvalue weighted by Gasteiger charge is -2.14. The molecule has 160 valence electrons. The maximum atomic E-state index is 13.5. The van der Waals surface area contributed by atoms with Gasteiger partial charge in [-0.3, -0.25) is 4.79 Å². The zero-order valence-corrected chi connectivity index (χ0v) is 17.2. The zero-order valence-electron chi connectivity index (χ0n) is 14.9. The fourth-order valence-corrected chi connectivity index (χ4v) is 2.96. The van der Waals surface area contributed by atoms with Gasteiger partial charge in [-0.2, -0.15) is 32.3 Å². The van der Waals surface area contributed by atoms with Crippen LogP contribution in [0.5, 0.6) is 0 Å². The van der Waals surface area contributed by atoms with E-state index in [2.05, 4.69) is 10.1 Å². The van der Waals surface area contributed by atoms with Crippen LogP contribution in [0.1, 0.15) is 21.6 Å². The van der Waals surface area contributed by atoms with Crippen LogP contribution in [0.4, 0.5) is 27.8 Å². The van der Waals surface area contributed by atoms with E-state index in [9.17, 15) is 32.0 Å². The molecule has 0 N–H and O–H groups in total. The van der Waals surface area contributed by atoms with Gasteiger partial charge in [-0.1, -0.05) is 23.2 Å². The first-order valence-electron chi connectivity index (χ1n) is 7.60. The first-order chi connectivity index (χ1) is 13.7. The topological polar surface area (TPSA) is 74.3 Å². The van der Waals surface area contributed by atoms with E-state index in [1.165, 1.54) is 25.1 Å². The lowest BCUT2D eigenvalue weighted by atomic mass is 10.1. The fraction of sp³-hybridized carbons (Fsp3) is 0.250. The van der Waals surface area contributed by atoms with E-state index in [1.807, 2.05) is 0 Å². The summed E-state index contributed by atoms with van der Waals surface area (Å²) in [6.45, 7) is 0. The number of aliphatic imine (C=N–C) groups is 1. The predicted octanol–water partition coefficient (Wildman–Crippen LogP) is 5.31. The molecule has 0 aliphatic carbocycles. The van der Waals surface area contributed by atoms with Crippen molar-refractivity contribution in [2.24, 2.45) is 4.99 Å². The van der Waals surface area contributed by atoms with Crippen molar-refractivity contribution >= 4 is 52.7 Å². The van der Waals surface area contributed by atoms with E-state index in [0.717, 1.165) is 6.34 Å². The van der Waals surface area contributed by atoms with E-state index in [-0.39, 0.29) is 0 Å². The Morgan fingerprint density at radius 2 is 1.77 bits per heavy atom. The highest BCUT2D eigenvalue weighted by molar-refractivity contribution is 6.38. The van der Waals surface area contributed by atoms with Crippen molar-refractivity contribution in [3.05, 3.63) is 39.0 Å². The molecular formula is C16H9Cl3F5N5O. The Morgan fingerprint density at radius 1 is 1.23 bits per heavy atom. The van der Waals surface area contributed by atoms with Crippen molar-refractivity contribution in [2.75, 3.05) is 14.1 Å². The average molecular weight is 489 g/mol. The van der Waals surface area contributed by atoms with Gasteiger partial charge in [-0.25, -0.2) is 9.67 Å². The number of ketones is 1. The molecule has 0 unspecified atom stereocenters. The molecule has 0 amide bonds. The molecule has 30 heavy (non-hydrogen) atoms. The number of hydrogen-bond acceptors (Lipinski definition) is 4. The number of Topliss-reactive ketones (excluding diaryl/α,β-unsaturated/α-hetero) is 1. The fourth-order valence-electron chi connectivity index (χ4n) is 2.22. The van der Waals surface area contributed by atoms with Gasteiger partial charge in [-0.15, -0.1) is 0 Å². The highest BCUT2D eigenvalue weighted by Crippen LogP contribution is 2.40. The molecule has 2 rings (SSSR count). The minimum Gasteiger partial charge on any atom is -0.369 e. The van der Waals surface area contributed by atoms with Crippen LogP contribution in [0.25, 0.3) is 5.69 Å². The number of halogens is 8. The van der Waals surface area contributed by atoms with Crippen LogP contribution in [0, 0.1) is 11.3 Å². The molecule has 0 radical (unpaired) electrons. The molecule has 0 bridgehead atoms. The first-order valence-corrected chi connectivity index (χ1v) is 8.73. The summed E-state index contributed by atoms with van der Waals surface area (Å²) >= 11 is 16.7. The van der Waals surface area contributed by atoms with Crippen LogP contribution in [0.15, 0.2) is 17.1 Å². The lowest BCUT2D eigenvalue weighted by molar-refractivity contribution is -0.137.